The van der Waals surface area contributed by atoms with Gasteiger partial charge in [-0.2, -0.15) is 0 Å². The Morgan fingerprint density at radius 2 is 1.43 bits per heavy atom. The van der Waals surface area contributed by atoms with Crippen molar-refractivity contribution in [3.8, 4) is 0 Å². The van der Waals surface area contributed by atoms with Crippen molar-refractivity contribution < 1.29 is 18.0 Å². The summed E-state index contributed by atoms with van der Waals surface area (Å²) in [5.41, 5.74) is 1.35. The number of nitrogens with one attached hydrogen (secondary N) is 1. The molecule has 196 valence electrons. The Balaban J connectivity index is 1.94. The SMILES string of the molecule is CC(C)NC(=O)[C@@H](C)N(CCc1ccccc1)C(=O)CN(c1ccccc1)S(=O)(=O)c1ccc(Cl)cc1. The molecule has 0 aliphatic heterocycles. The van der Waals surface area contributed by atoms with Crippen molar-refractivity contribution in [2.45, 2.75) is 44.2 Å². The molecule has 2 amide bonds. The van der Waals surface area contributed by atoms with Gasteiger partial charge in [0, 0.05) is 17.6 Å². The Morgan fingerprint density at radius 1 is 0.865 bits per heavy atom. The van der Waals surface area contributed by atoms with E-state index < -0.39 is 28.5 Å². The smallest absolute Gasteiger partial charge is 0.264 e. The molecule has 0 unspecified atom stereocenters. The van der Waals surface area contributed by atoms with Gasteiger partial charge < -0.3 is 10.2 Å². The van der Waals surface area contributed by atoms with Crippen molar-refractivity contribution in [3.05, 3.63) is 95.5 Å². The summed E-state index contributed by atoms with van der Waals surface area (Å²) in [6.45, 7) is 5.12. The Kier molecular flexibility index (Phi) is 9.72. The van der Waals surface area contributed by atoms with E-state index in [-0.39, 0.29) is 23.4 Å². The topological polar surface area (TPSA) is 86.8 Å². The third-order valence-electron chi connectivity index (χ3n) is 5.81. The molecular weight excluding hydrogens is 510 g/mol. The van der Waals surface area contributed by atoms with Gasteiger partial charge >= 0.3 is 0 Å². The molecule has 0 radical (unpaired) electrons. The van der Waals surface area contributed by atoms with Crippen LogP contribution in [0.3, 0.4) is 0 Å². The van der Waals surface area contributed by atoms with E-state index in [9.17, 15) is 18.0 Å². The number of benzene rings is 3. The third kappa shape index (κ3) is 7.57. The van der Waals surface area contributed by atoms with Crippen LogP contribution in [0, 0.1) is 0 Å². The van der Waals surface area contributed by atoms with Gasteiger partial charge in [-0.15, -0.1) is 0 Å². The van der Waals surface area contributed by atoms with Crippen molar-refractivity contribution in [1.82, 2.24) is 10.2 Å². The fourth-order valence-electron chi connectivity index (χ4n) is 3.83. The van der Waals surface area contributed by atoms with Gasteiger partial charge in [-0.3, -0.25) is 13.9 Å². The summed E-state index contributed by atoms with van der Waals surface area (Å²) >= 11 is 5.96. The van der Waals surface area contributed by atoms with Crippen LogP contribution in [-0.2, 0) is 26.0 Å². The molecule has 0 bridgehead atoms. The zero-order valence-corrected chi connectivity index (χ0v) is 22.7. The van der Waals surface area contributed by atoms with Crippen LogP contribution in [0.5, 0.6) is 0 Å². The quantitative estimate of drug-likeness (QED) is 0.387. The molecule has 3 aromatic rings. The fourth-order valence-corrected chi connectivity index (χ4v) is 5.37. The largest absolute Gasteiger partial charge is 0.352 e. The second kappa shape index (κ2) is 12.7. The van der Waals surface area contributed by atoms with Gasteiger partial charge in [0.15, 0.2) is 0 Å². The maximum Gasteiger partial charge on any atom is 0.264 e. The monoisotopic (exact) mass is 541 g/mol. The molecule has 1 N–H and O–H groups in total. The number of carbonyl (C=O) groups is 2. The Bertz CT molecular complexity index is 1280. The van der Waals surface area contributed by atoms with Gasteiger partial charge in [0.25, 0.3) is 10.0 Å². The van der Waals surface area contributed by atoms with Crippen LogP contribution in [0.1, 0.15) is 26.3 Å². The molecule has 0 heterocycles. The van der Waals surface area contributed by atoms with Crippen LogP contribution in [0.2, 0.25) is 5.02 Å². The molecule has 0 fully saturated rings. The first-order valence-corrected chi connectivity index (χ1v) is 13.9. The molecule has 1 atom stereocenters. The Labute approximate surface area is 224 Å². The average molecular weight is 542 g/mol. The third-order valence-corrected chi connectivity index (χ3v) is 7.85. The van der Waals surface area contributed by atoms with Crippen LogP contribution in [0.15, 0.2) is 89.8 Å². The molecule has 3 aromatic carbocycles. The number of para-hydroxylation sites is 1. The maximum atomic E-state index is 13.7. The molecule has 3 rings (SSSR count). The van der Waals surface area contributed by atoms with E-state index in [1.807, 2.05) is 44.2 Å². The van der Waals surface area contributed by atoms with Gasteiger partial charge in [-0.05, 0) is 69.2 Å². The standard InChI is InChI=1S/C28H32ClN3O4S/c1-21(2)30-28(34)22(3)31(19-18-23-10-6-4-7-11-23)27(33)20-32(25-12-8-5-9-13-25)37(35,36)26-16-14-24(29)15-17-26/h4-17,21-22H,18-20H2,1-3H3,(H,30,34)/t22-/m1/s1. The number of halogens is 1. The fraction of sp³-hybridized carbons (Fsp3) is 0.286. The second-order valence-electron chi connectivity index (χ2n) is 8.96. The Morgan fingerprint density at radius 3 is 2.00 bits per heavy atom. The zero-order chi connectivity index (χ0) is 27.0. The van der Waals surface area contributed by atoms with Gasteiger partial charge in [0.05, 0.1) is 10.6 Å². The molecule has 0 spiro atoms. The molecule has 0 aliphatic rings. The highest BCUT2D eigenvalue weighted by atomic mass is 35.5. The minimum atomic E-state index is -4.10. The maximum absolute atomic E-state index is 13.7. The minimum Gasteiger partial charge on any atom is -0.352 e. The van der Waals surface area contributed by atoms with E-state index in [1.165, 1.54) is 29.2 Å². The lowest BCUT2D eigenvalue weighted by Gasteiger charge is -2.32. The van der Waals surface area contributed by atoms with E-state index >= 15 is 0 Å². The van der Waals surface area contributed by atoms with Gasteiger partial charge in [-0.25, -0.2) is 8.42 Å². The van der Waals surface area contributed by atoms with Gasteiger partial charge in [-0.1, -0.05) is 60.1 Å². The Hall–Kier alpha value is -3.36. The number of rotatable bonds is 11. The summed E-state index contributed by atoms with van der Waals surface area (Å²) in [6.07, 6.45) is 0.515. The van der Waals surface area contributed by atoms with Crippen LogP contribution < -0.4 is 9.62 Å². The molecule has 9 heteroatoms. The first kappa shape index (κ1) is 28.2. The lowest BCUT2D eigenvalue weighted by molar-refractivity contribution is -0.139. The first-order chi connectivity index (χ1) is 17.6. The number of anilines is 1. The summed E-state index contributed by atoms with van der Waals surface area (Å²) in [5.74, 6) is -0.785. The van der Waals surface area contributed by atoms with Crippen molar-refractivity contribution in [1.29, 1.82) is 0 Å². The predicted molar refractivity (Wildman–Crippen MR) is 147 cm³/mol. The van der Waals surface area contributed by atoms with Crippen molar-refractivity contribution in [2.75, 3.05) is 17.4 Å². The van der Waals surface area contributed by atoms with E-state index in [1.54, 1.807) is 37.3 Å². The van der Waals surface area contributed by atoms with Crippen molar-refractivity contribution in [3.63, 3.8) is 0 Å². The lowest BCUT2D eigenvalue weighted by Crippen LogP contribution is -2.53. The normalized spacial score (nSPS) is 12.1. The average Bonchev–Trinajstić information content (AvgIpc) is 2.88. The van der Waals surface area contributed by atoms with Crippen LogP contribution in [0.25, 0.3) is 0 Å². The molecular formula is C28H32ClN3O4S. The van der Waals surface area contributed by atoms with E-state index in [2.05, 4.69) is 5.32 Å². The summed E-state index contributed by atoms with van der Waals surface area (Å²) in [5, 5.41) is 3.25. The van der Waals surface area contributed by atoms with Crippen molar-refractivity contribution in [2.24, 2.45) is 0 Å². The molecule has 7 nitrogen and oxygen atoms in total. The van der Waals surface area contributed by atoms with Crippen molar-refractivity contribution >= 4 is 39.1 Å². The number of nitrogens with zero attached hydrogens (tertiary/aromatic N) is 2. The summed E-state index contributed by atoms with van der Waals surface area (Å²) < 4.78 is 28.4. The number of carbonyl (C=O) groups excluding carboxylic acids is 2. The molecule has 37 heavy (non-hydrogen) atoms. The highest BCUT2D eigenvalue weighted by molar-refractivity contribution is 7.92. The zero-order valence-electron chi connectivity index (χ0n) is 21.2. The summed E-state index contributed by atoms with van der Waals surface area (Å²) in [4.78, 5) is 28.0. The van der Waals surface area contributed by atoms with Gasteiger partial charge in [0.1, 0.15) is 12.6 Å². The molecule has 0 saturated heterocycles. The molecule has 0 aliphatic carbocycles. The van der Waals surface area contributed by atoms with Gasteiger partial charge in [0.2, 0.25) is 11.8 Å². The predicted octanol–water partition coefficient (Wildman–Crippen LogP) is 4.52. The summed E-state index contributed by atoms with van der Waals surface area (Å²) in [7, 11) is -4.10. The first-order valence-electron chi connectivity index (χ1n) is 12.1. The van der Waals surface area contributed by atoms with Crippen LogP contribution >= 0.6 is 11.6 Å². The summed E-state index contributed by atoms with van der Waals surface area (Å²) in [6, 6.07) is 22.9. The van der Waals surface area contributed by atoms with E-state index in [0.717, 1.165) is 9.87 Å². The van der Waals surface area contributed by atoms with E-state index in [0.29, 0.717) is 17.1 Å². The number of sulfonamides is 1. The molecule has 0 saturated carbocycles. The molecule has 0 aromatic heterocycles. The van der Waals surface area contributed by atoms with Crippen LogP contribution in [0.4, 0.5) is 5.69 Å². The number of amides is 2. The number of hydrogen-bond donors (Lipinski definition) is 1. The highest BCUT2D eigenvalue weighted by Gasteiger charge is 2.32. The van der Waals surface area contributed by atoms with E-state index in [4.69, 9.17) is 11.6 Å². The highest BCUT2D eigenvalue weighted by Crippen LogP contribution is 2.25. The number of hydrogen-bond acceptors (Lipinski definition) is 4. The lowest BCUT2D eigenvalue weighted by atomic mass is 10.1. The van der Waals surface area contributed by atoms with Crippen LogP contribution in [-0.4, -0.2) is 50.3 Å². The second-order valence-corrected chi connectivity index (χ2v) is 11.3. The minimum absolute atomic E-state index is 0.00925.